The molecule has 128 valence electrons. The van der Waals surface area contributed by atoms with Crippen LogP contribution in [0.3, 0.4) is 0 Å². The molecule has 0 aliphatic heterocycles. The van der Waals surface area contributed by atoms with Gasteiger partial charge in [-0.3, -0.25) is 0 Å². The lowest BCUT2D eigenvalue weighted by atomic mass is 10.1. The fourth-order valence-corrected chi connectivity index (χ4v) is 2.73. The van der Waals surface area contributed by atoms with Gasteiger partial charge in [0, 0.05) is 0 Å². The van der Waals surface area contributed by atoms with Crippen LogP contribution in [0.25, 0.3) is 0 Å². The van der Waals surface area contributed by atoms with E-state index in [1.165, 1.54) is 49.7 Å². The minimum atomic E-state index is 0.918. The van der Waals surface area contributed by atoms with Gasteiger partial charge in [0.1, 0.15) is 0 Å². The highest BCUT2D eigenvalue weighted by Crippen LogP contribution is 2.20. The molecule has 0 atom stereocenters. The van der Waals surface area contributed by atoms with E-state index in [9.17, 15) is 0 Å². The number of hydrogen-bond donors (Lipinski definition) is 0. The SMILES string of the molecule is CCCCCc1ccc(N=Nc2ccc(CCCCC)cc2)cc1. The molecule has 2 aromatic rings. The van der Waals surface area contributed by atoms with Gasteiger partial charge >= 0.3 is 0 Å². The van der Waals surface area contributed by atoms with Gasteiger partial charge in [0.15, 0.2) is 0 Å². The number of unbranched alkanes of at least 4 members (excludes halogenated alkanes) is 4. The first kappa shape index (κ1) is 18.4. The Balaban J connectivity index is 1.86. The molecule has 24 heavy (non-hydrogen) atoms. The summed E-state index contributed by atoms with van der Waals surface area (Å²) in [6.45, 7) is 4.47. The van der Waals surface area contributed by atoms with Crippen molar-refractivity contribution in [2.45, 2.75) is 65.2 Å². The second-order valence-electron chi connectivity index (χ2n) is 6.45. The number of azo groups is 1. The molecule has 2 rings (SSSR count). The fraction of sp³-hybridized carbons (Fsp3) is 0.455. The van der Waals surface area contributed by atoms with Gasteiger partial charge < -0.3 is 0 Å². The molecule has 0 aliphatic carbocycles. The van der Waals surface area contributed by atoms with Crippen molar-refractivity contribution in [3.8, 4) is 0 Å². The highest BCUT2D eigenvalue weighted by molar-refractivity contribution is 5.42. The Labute approximate surface area is 147 Å². The molecular weight excluding hydrogens is 292 g/mol. The predicted molar refractivity (Wildman–Crippen MR) is 104 cm³/mol. The Morgan fingerprint density at radius 2 is 0.917 bits per heavy atom. The van der Waals surface area contributed by atoms with Gasteiger partial charge in [-0.05, 0) is 61.1 Å². The lowest BCUT2D eigenvalue weighted by Crippen LogP contribution is -1.84. The number of rotatable bonds is 10. The maximum atomic E-state index is 4.34. The minimum Gasteiger partial charge on any atom is -0.151 e. The molecule has 0 unspecified atom stereocenters. The van der Waals surface area contributed by atoms with Crippen molar-refractivity contribution < 1.29 is 0 Å². The molecule has 0 bridgehead atoms. The summed E-state index contributed by atoms with van der Waals surface area (Å²) in [5.74, 6) is 0. The average molecular weight is 322 g/mol. The van der Waals surface area contributed by atoms with Crippen LogP contribution in [-0.2, 0) is 12.8 Å². The van der Waals surface area contributed by atoms with Gasteiger partial charge in [-0.25, -0.2) is 0 Å². The average Bonchev–Trinajstić information content (AvgIpc) is 2.63. The van der Waals surface area contributed by atoms with Crippen LogP contribution in [0.2, 0.25) is 0 Å². The van der Waals surface area contributed by atoms with Gasteiger partial charge in [0.25, 0.3) is 0 Å². The Hall–Kier alpha value is -1.96. The summed E-state index contributed by atoms with van der Waals surface area (Å²) in [4.78, 5) is 0. The molecule has 0 amide bonds. The zero-order valence-electron chi connectivity index (χ0n) is 15.2. The van der Waals surface area contributed by atoms with Crippen molar-refractivity contribution >= 4 is 11.4 Å². The predicted octanol–water partition coefficient (Wildman–Crippen LogP) is 7.57. The standard InChI is InChI=1S/C22H30N2/c1-3-5-7-9-19-11-15-21(16-12-19)23-24-22-17-13-20(14-18-22)10-8-6-4-2/h11-18H,3-10H2,1-2H3. The van der Waals surface area contributed by atoms with Crippen LogP contribution in [0.5, 0.6) is 0 Å². The third-order valence-electron chi connectivity index (χ3n) is 4.29. The van der Waals surface area contributed by atoms with E-state index in [1.54, 1.807) is 0 Å². The summed E-state index contributed by atoms with van der Waals surface area (Å²) >= 11 is 0. The van der Waals surface area contributed by atoms with Crippen LogP contribution in [0.15, 0.2) is 58.8 Å². The second kappa shape index (κ2) is 10.7. The Bertz CT molecular complexity index is 541. The van der Waals surface area contributed by atoms with E-state index < -0.39 is 0 Å². The molecule has 2 nitrogen and oxygen atoms in total. The van der Waals surface area contributed by atoms with Crippen molar-refractivity contribution in [3.63, 3.8) is 0 Å². The van der Waals surface area contributed by atoms with Crippen LogP contribution in [-0.4, -0.2) is 0 Å². The van der Waals surface area contributed by atoms with Gasteiger partial charge in [0.2, 0.25) is 0 Å². The van der Waals surface area contributed by atoms with E-state index in [0.717, 1.165) is 24.2 Å². The van der Waals surface area contributed by atoms with Crippen molar-refractivity contribution in [2.75, 3.05) is 0 Å². The summed E-state index contributed by atoms with van der Waals surface area (Å²) in [6.07, 6.45) is 9.98. The molecule has 2 aromatic carbocycles. The summed E-state index contributed by atoms with van der Waals surface area (Å²) in [7, 11) is 0. The third-order valence-corrected chi connectivity index (χ3v) is 4.29. The Morgan fingerprint density at radius 1 is 0.542 bits per heavy atom. The van der Waals surface area contributed by atoms with E-state index in [1.807, 2.05) is 0 Å². The summed E-state index contributed by atoms with van der Waals surface area (Å²) in [5, 5.41) is 8.69. The van der Waals surface area contributed by atoms with Crippen molar-refractivity contribution in [1.29, 1.82) is 0 Å². The zero-order chi connectivity index (χ0) is 17.0. The first-order chi connectivity index (χ1) is 11.8. The minimum absolute atomic E-state index is 0.918. The van der Waals surface area contributed by atoms with Gasteiger partial charge in [-0.15, -0.1) is 0 Å². The van der Waals surface area contributed by atoms with Crippen LogP contribution >= 0.6 is 0 Å². The molecule has 0 aromatic heterocycles. The lowest BCUT2D eigenvalue weighted by Gasteiger charge is -2.01. The number of benzene rings is 2. The van der Waals surface area contributed by atoms with Crippen molar-refractivity contribution in [3.05, 3.63) is 59.7 Å². The molecule has 0 aliphatic rings. The van der Waals surface area contributed by atoms with Crippen LogP contribution in [0, 0.1) is 0 Å². The highest BCUT2D eigenvalue weighted by atomic mass is 15.1. The number of aryl methyl sites for hydroxylation is 2. The topological polar surface area (TPSA) is 24.7 Å². The normalized spacial score (nSPS) is 11.2. The largest absolute Gasteiger partial charge is 0.151 e. The smallest absolute Gasteiger partial charge is 0.0857 e. The molecule has 0 saturated heterocycles. The maximum absolute atomic E-state index is 4.34. The summed E-state index contributed by atoms with van der Waals surface area (Å²) < 4.78 is 0. The Kier molecular flexibility index (Phi) is 8.23. The summed E-state index contributed by atoms with van der Waals surface area (Å²) in [6, 6.07) is 16.9. The second-order valence-corrected chi connectivity index (χ2v) is 6.45. The van der Waals surface area contributed by atoms with E-state index in [2.05, 4.69) is 72.6 Å². The maximum Gasteiger partial charge on any atom is 0.0857 e. The van der Waals surface area contributed by atoms with Gasteiger partial charge in [-0.2, -0.15) is 10.2 Å². The molecule has 0 radical (unpaired) electrons. The molecule has 2 heteroatoms. The highest BCUT2D eigenvalue weighted by Gasteiger charge is 1.96. The monoisotopic (exact) mass is 322 g/mol. The van der Waals surface area contributed by atoms with Crippen LogP contribution in [0.4, 0.5) is 11.4 Å². The molecule has 0 heterocycles. The quantitative estimate of drug-likeness (QED) is 0.318. The first-order valence-electron chi connectivity index (χ1n) is 9.41. The summed E-state index contributed by atoms with van der Waals surface area (Å²) in [5.41, 5.74) is 4.61. The molecule has 0 saturated carbocycles. The van der Waals surface area contributed by atoms with Crippen molar-refractivity contribution in [1.82, 2.24) is 0 Å². The first-order valence-corrected chi connectivity index (χ1v) is 9.41. The number of nitrogens with zero attached hydrogens (tertiary/aromatic N) is 2. The van der Waals surface area contributed by atoms with E-state index in [4.69, 9.17) is 0 Å². The van der Waals surface area contributed by atoms with Crippen LogP contribution in [0.1, 0.15) is 63.5 Å². The fourth-order valence-electron chi connectivity index (χ4n) is 2.73. The van der Waals surface area contributed by atoms with Gasteiger partial charge in [-0.1, -0.05) is 63.8 Å². The lowest BCUT2D eigenvalue weighted by molar-refractivity contribution is 0.717. The number of hydrogen-bond acceptors (Lipinski definition) is 2. The Morgan fingerprint density at radius 3 is 1.25 bits per heavy atom. The molecule has 0 N–H and O–H groups in total. The van der Waals surface area contributed by atoms with E-state index in [-0.39, 0.29) is 0 Å². The van der Waals surface area contributed by atoms with Crippen LogP contribution < -0.4 is 0 Å². The van der Waals surface area contributed by atoms with E-state index >= 15 is 0 Å². The molecule has 0 fully saturated rings. The van der Waals surface area contributed by atoms with Crippen molar-refractivity contribution in [2.24, 2.45) is 10.2 Å². The van der Waals surface area contributed by atoms with E-state index in [0.29, 0.717) is 0 Å². The van der Waals surface area contributed by atoms with Gasteiger partial charge in [0.05, 0.1) is 11.4 Å². The molecule has 0 spiro atoms. The third kappa shape index (κ3) is 6.66. The molecular formula is C22H30N2. The zero-order valence-corrected chi connectivity index (χ0v) is 15.2.